The van der Waals surface area contributed by atoms with Gasteiger partial charge in [-0.2, -0.15) is 0 Å². The number of aromatic hydroxyl groups is 2. The second-order valence-electron chi connectivity index (χ2n) is 5.30. The SMILES string of the molecule is CC(C)(C)CCNC(=O)c1cc(O)cc(O)c1. The molecule has 0 saturated heterocycles. The Bertz CT molecular complexity index is 387. The van der Waals surface area contributed by atoms with E-state index in [0.29, 0.717) is 6.54 Å². The molecule has 0 atom stereocenters. The van der Waals surface area contributed by atoms with Crippen LogP contribution >= 0.6 is 0 Å². The van der Waals surface area contributed by atoms with Gasteiger partial charge in [0.15, 0.2) is 0 Å². The first-order valence-electron chi connectivity index (χ1n) is 5.59. The van der Waals surface area contributed by atoms with Gasteiger partial charge in [-0.3, -0.25) is 4.79 Å². The largest absolute Gasteiger partial charge is 0.508 e. The van der Waals surface area contributed by atoms with Gasteiger partial charge in [0, 0.05) is 18.2 Å². The number of phenolic OH excluding ortho intramolecular Hbond substituents is 2. The predicted octanol–water partition coefficient (Wildman–Crippen LogP) is 2.26. The van der Waals surface area contributed by atoms with Gasteiger partial charge in [0.2, 0.25) is 0 Å². The molecule has 94 valence electrons. The van der Waals surface area contributed by atoms with E-state index in [1.54, 1.807) is 0 Å². The Kier molecular flexibility index (Phi) is 3.99. The lowest BCUT2D eigenvalue weighted by Gasteiger charge is -2.18. The third-order valence-corrected chi connectivity index (χ3v) is 2.33. The summed E-state index contributed by atoms with van der Waals surface area (Å²) in [6.07, 6.45) is 0.865. The summed E-state index contributed by atoms with van der Waals surface area (Å²) < 4.78 is 0. The normalized spacial score (nSPS) is 11.2. The molecule has 0 bridgehead atoms. The highest BCUT2D eigenvalue weighted by molar-refractivity contribution is 5.95. The van der Waals surface area contributed by atoms with E-state index >= 15 is 0 Å². The van der Waals surface area contributed by atoms with Crippen LogP contribution in [0.5, 0.6) is 11.5 Å². The smallest absolute Gasteiger partial charge is 0.251 e. The molecule has 4 nitrogen and oxygen atoms in total. The minimum absolute atomic E-state index is 0.119. The van der Waals surface area contributed by atoms with Crippen molar-refractivity contribution in [1.82, 2.24) is 5.32 Å². The number of benzene rings is 1. The Balaban J connectivity index is 2.58. The molecule has 0 aliphatic carbocycles. The molecule has 0 aromatic heterocycles. The van der Waals surface area contributed by atoms with Crippen LogP contribution in [0.2, 0.25) is 0 Å². The van der Waals surface area contributed by atoms with E-state index in [4.69, 9.17) is 0 Å². The van der Waals surface area contributed by atoms with Gasteiger partial charge in [-0.15, -0.1) is 0 Å². The van der Waals surface area contributed by atoms with Crippen molar-refractivity contribution in [2.24, 2.45) is 5.41 Å². The van der Waals surface area contributed by atoms with Crippen molar-refractivity contribution < 1.29 is 15.0 Å². The molecular weight excluding hydrogens is 218 g/mol. The second-order valence-corrected chi connectivity index (χ2v) is 5.30. The number of amides is 1. The molecule has 0 radical (unpaired) electrons. The summed E-state index contributed by atoms with van der Waals surface area (Å²) in [6.45, 7) is 6.86. The fourth-order valence-electron chi connectivity index (χ4n) is 1.38. The number of nitrogens with one attached hydrogen (secondary N) is 1. The highest BCUT2D eigenvalue weighted by atomic mass is 16.3. The monoisotopic (exact) mass is 237 g/mol. The molecule has 1 amide bonds. The zero-order chi connectivity index (χ0) is 13.1. The van der Waals surface area contributed by atoms with Crippen LogP contribution in [-0.2, 0) is 0 Å². The lowest BCUT2D eigenvalue weighted by Crippen LogP contribution is -2.27. The molecule has 1 aromatic rings. The van der Waals surface area contributed by atoms with Crippen LogP contribution in [0.25, 0.3) is 0 Å². The third-order valence-electron chi connectivity index (χ3n) is 2.33. The van der Waals surface area contributed by atoms with Gasteiger partial charge in [0.05, 0.1) is 0 Å². The van der Waals surface area contributed by atoms with E-state index in [1.165, 1.54) is 18.2 Å². The first-order chi connectivity index (χ1) is 7.78. The standard InChI is InChI=1S/C13H19NO3/c1-13(2,3)4-5-14-12(17)9-6-10(15)8-11(16)7-9/h6-8,15-16H,4-5H2,1-3H3,(H,14,17). The van der Waals surface area contributed by atoms with E-state index in [0.717, 1.165) is 6.42 Å². The summed E-state index contributed by atoms with van der Waals surface area (Å²) >= 11 is 0. The maximum absolute atomic E-state index is 11.7. The number of hydrogen-bond acceptors (Lipinski definition) is 3. The molecular formula is C13H19NO3. The van der Waals surface area contributed by atoms with Gasteiger partial charge in [-0.25, -0.2) is 0 Å². The zero-order valence-electron chi connectivity index (χ0n) is 10.4. The molecule has 0 aliphatic heterocycles. The number of carbonyl (C=O) groups excluding carboxylic acids is 1. The maximum atomic E-state index is 11.7. The second kappa shape index (κ2) is 5.08. The third kappa shape index (κ3) is 4.76. The Morgan fingerprint density at radius 2 is 1.71 bits per heavy atom. The molecule has 1 aromatic carbocycles. The zero-order valence-corrected chi connectivity index (χ0v) is 10.4. The van der Waals surface area contributed by atoms with Crippen molar-refractivity contribution in [2.45, 2.75) is 27.2 Å². The summed E-state index contributed by atoms with van der Waals surface area (Å²) in [5, 5.41) is 21.3. The van der Waals surface area contributed by atoms with E-state index < -0.39 is 0 Å². The number of carbonyl (C=O) groups is 1. The van der Waals surface area contributed by atoms with Gasteiger partial charge in [0.1, 0.15) is 11.5 Å². The maximum Gasteiger partial charge on any atom is 0.251 e. The Hall–Kier alpha value is -1.71. The van der Waals surface area contributed by atoms with Crippen molar-refractivity contribution in [2.75, 3.05) is 6.54 Å². The average molecular weight is 237 g/mol. The molecule has 0 heterocycles. The van der Waals surface area contributed by atoms with E-state index in [2.05, 4.69) is 26.1 Å². The van der Waals surface area contributed by atoms with Gasteiger partial charge >= 0.3 is 0 Å². The molecule has 0 fully saturated rings. The minimum Gasteiger partial charge on any atom is -0.508 e. The highest BCUT2D eigenvalue weighted by Gasteiger charge is 2.12. The minimum atomic E-state index is -0.291. The van der Waals surface area contributed by atoms with Crippen molar-refractivity contribution in [1.29, 1.82) is 0 Å². The number of hydrogen-bond donors (Lipinski definition) is 3. The molecule has 4 heteroatoms. The Morgan fingerprint density at radius 3 is 2.18 bits per heavy atom. The fraction of sp³-hybridized carbons (Fsp3) is 0.462. The topological polar surface area (TPSA) is 69.6 Å². The molecule has 0 saturated carbocycles. The molecule has 0 spiro atoms. The van der Waals surface area contributed by atoms with Gasteiger partial charge in [-0.05, 0) is 24.0 Å². The summed E-state index contributed by atoms with van der Waals surface area (Å²) in [7, 11) is 0. The number of rotatable bonds is 3. The molecule has 0 unspecified atom stereocenters. The van der Waals surface area contributed by atoms with E-state index in [9.17, 15) is 15.0 Å². The molecule has 1 rings (SSSR count). The molecule has 3 N–H and O–H groups in total. The quantitative estimate of drug-likeness (QED) is 0.755. The Morgan fingerprint density at radius 1 is 1.18 bits per heavy atom. The van der Waals surface area contributed by atoms with Crippen molar-refractivity contribution in [3.8, 4) is 11.5 Å². The summed E-state index contributed by atoms with van der Waals surface area (Å²) in [4.78, 5) is 11.7. The van der Waals surface area contributed by atoms with Crippen molar-refractivity contribution >= 4 is 5.91 Å². The average Bonchev–Trinajstić information content (AvgIpc) is 2.13. The van der Waals surface area contributed by atoms with Gasteiger partial charge in [-0.1, -0.05) is 20.8 Å². The summed E-state index contributed by atoms with van der Waals surface area (Å²) in [5.74, 6) is -0.530. The van der Waals surface area contributed by atoms with E-state index in [1.807, 2.05) is 0 Å². The van der Waals surface area contributed by atoms with Crippen LogP contribution in [0.15, 0.2) is 18.2 Å². The van der Waals surface area contributed by atoms with Gasteiger partial charge in [0.25, 0.3) is 5.91 Å². The van der Waals surface area contributed by atoms with Crippen molar-refractivity contribution in [3.05, 3.63) is 23.8 Å². The fourth-order valence-corrected chi connectivity index (χ4v) is 1.38. The Labute approximate surface area is 101 Å². The van der Waals surface area contributed by atoms with Crippen LogP contribution < -0.4 is 5.32 Å². The molecule has 17 heavy (non-hydrogen) atoms. The van der Waals surface area contributed by atoms with Gasteiger partial charge < -0.3 is 15.5 Å². The molecule has 0 aliphatic rings. The van der Waals surface area contributed by atoms with Crippen LogP contribution in [0.4, 0.5) is 0 Å². The summed E-state index contributed by atoms with van der Waals surface area (Å²) in [6, 6.07) is 3.84. The highest BCUT2D eigenvalue weighted by Crippen LogP contribution is 2.20. The van der Waals surface area contributed by atoms with Crippen LogP contribution in [0, 0.1) is 5.41 Å². The lowest BCUT2D eigenvalue weighted by molar-refractivity contribution is 0.0948. The van der Waals surface area contributed by atoms with E-state index in [-0.39, 0.29) is 28.4 Å². The lowest BCUT2D eigenvalue weighted by atomic mass is 9.92. The first-order valence-corrected chi connectivity index (χ1v) is 5.59. The van der Waals surface area contributed by atoms with Crippen LogP contribution in [-0.4, -0.2) is 22.7 Å². The predicted molar refractivity (Wildman–Crippen MR) is 66.2 cm³/mol. The van der Waals surface area contributed by atoms with Crippen molar-refractivity contribution in [3.63, 3.8) is 0 Å². The number of phenols is 2. The summed E-state index contributed by atoms with van der Waals surface area (Å²) in [5.41, 5.74) is 0.422. The van der Waals surface area contributed by atoms with Crippen LogP contribution in [0.3, 0.4) is 0 Å². The first kappa shape index (κ1) is 13.4. The van der Waals surface area contributed by atoms with Crippen LogP contribution in [0.1, 0.15) is 37.6 Å².